The number of aryl methyl sites for hydroxylation is 1. The van der Waals surface area contributed by atoms with Crippen LogP contribution < -0.4 is 4.74 Å². The predicted molar refractivity (Wildman–Crippen MR) is 60.5 cm³/mol. The first-order valence-electron chi connectivity index (χ1n) is 5.01. The summed E-state index contributed by atoms with van der Waals surface area (Å²) in [6.07, 6.45) is 0. The molecule has 0 bridgehead atoms. The van der Waals surface area contributed by atoms with E-state index in [1.54, 1.807) is 0 Å². The van der Waals surface area contributed by atoms with Gasteiger partial charge in [0.15, 0.2) is 0 Å². The second-order valence-electron chi connectivity index (χ2n) is 3.07. The fourth-order valence-electron chi connectivity index (χ4n) is 1.14. The highest BCUT2D eigenvalue weighted by molar-refractivity contribution is 6.17. The van der Waals surface area contributed by atoms with Crippen molar-refractivity contribution >= 4 is 11.6 Å². The highest BCUT2D eigenvalue weighted by Gasteiger charge is 2.01. The number of rotatable bonds is 6. The molecule has 0 saturated heterocycles. The first-order valence-corrected chi connectivity index (χ1v) is 5.54. The zero-order valence-electron chi connectivity index (χ0n) is 9.12. The zero-order valence-corrected chi connectivity index (χ0v) is 9.88. The molecule has 4 heteroatoms. The number of hydrogen-bond donors (Lipinski definition) is 0. The van der Waals surface area contributed by atoms with Crippen LogP contribution in [0.2, 0.25) is 0 Å². The molecule has 84 valence electrons. The topological polar surface area (TPSA) is 31.4 Å². The van der Waals surface area contributed by atoms with E-state index in [1.165, 1.54) is 0 Å². The van der Waals surface area contributed by atoms with Gasteiger partial charge in [-0.3, -0.25) is 0 Å². The summed E-state index contributed by atoms with van der Waals surface area (Å²) in [7, 11) is 0. The monoisotopic (exact) mass is 229 g/mol. The smallest absolute Gasteiger partial charge is 0.213 e. The average molecular weight is 230 g/mol. The van der Waals surface area contributed by atoms with Crippen molar-refractivity contribution in [3.05, 3.63) is 23.4 Å². The Balaban J connectivity index is 2.45. The van der Waals surface area contributed by atoms with Gasteiger partial charge < -0.3 is 9.47 Å². The second-order valence-corrected chi connectivity index (χ2v) is 3.34. The Morgan fingerprint density at radius 1 is 1.33 bits per heavy atom. The number of halogens is 1. The van der Waals surface area contributed by atoms with Gasteiger partial charge in [0.2, 0.25) is 5.88 Å². The number of ether oxygens (including phenoxy) is 2. The standard InChI is InChI=1S/C11H16ClNO2/c1-3-14-6-7-15-11-5-4-10(8-12)9(2)13-11/h4-5H,3,6-8H2,1-2H3. The molecule has 1 heterocycles. The summed E-state index contributed by atoms with van der Waals surface area (Å²) in [5, 5.41) is 0. The van der Waals surface area contributed by atoms with Crippen molar-refractivity contribution in [1.82, 2.24) is 4.98 Å². The van der Waals surface area contributed by atoms with Crippen LogP contribution in [0.5, 0.6) is 5.88 Å². The SMILES string of the molecule is CCOCCOc1ccc(CCl)c(C)n1. The third kappa shape index (κ3) is 4.06. The molecule has 0 aliphatic carbocycles. The van der Waals surface area contributed by atoms with Crippen molar-refractivity contribution < 1.29 is 9.47 Å². The minimum atomic E-state index is 0.484. The van der Waals surface area contributed by atoms with Crippen molar-refractivity contribution in [2.24, 2.45) is 0 Å². The number of hydrogen-bond acceptors (Lipinski definition) is 3. The summed E-state index contributed by atoms with van der Waals surface area (Å²) in [5.74, 6) is 1.11. The van der Waals surface area contributed by atoms with Gasteiger partial charge in [0.1, 0.15) is 6.61 Å². The van der Waals surface area contributed by atoms with Gasteiger partial charge in [-0.25, -0.2) is 4.98 Å². The van der Waals surface area contributed by atoms with Crippen LogP contribution in [0.4, 0.5) is 0 Å². The van der Waals surface area contributed by atoms with Crippen molar-refractivity contribution in [2.45, 2.75) is 19.7 Å². The highest BCUT2D eigenvalue weighted by Crippen LogP contribution is 2.13. The Bertz CT molecular complexity index is 305. The van der Waals surface area contributed by atoms with Crippen molar-refractivity contribution in [1.29, 1.82) is 0 Å². The van der Waals surface area contributed by atoms with Crippen LogP contribution in [0, 0.1) is 6.92 Å². The van der Waals surface area contributed by atoms with E-state index in [1.807, 2.05) is 26.0 Å². The average Bonchev–Trinajstić information content (AvgIpc) is 2.25. The van der Waals surface area contributed by atoms with Gasteiger partial charge in [-0.05, 0) is 19.4 Å². The van der Waals surface area contributed by atoms with Gasteiger partial charge in [0, 0.05) is 24.2 Å². The number of pyridine rings is 1. The quantitative estimate of drug-likeness (QED) is 0.555. The molecule has 0 spiro atoms. The van der Waals surface area contributed by atoms with E-state index in [0.29, 0.717) is 31.6 Å². The maximum atomic E-state index is 5.73. The molecule has 0 atom stereocenters. The van der Waals surface area contributed by atoms with Gasteiger partial charge in [0.25, 0.3) is 0 Å². The molecule has 3 nitrogen and oxygen atoms in total. The van der Waals surface area contributed by atoms with Crippen LogP contribution in [0.1, 0.15) is 18.2 Å². The summed E-state index contributed by atoms with van der Waals surface area (Å²) in [6.45, 7) is 5.71. The molecular formula is C11H16ClNO2. The van der Waals surface area contributed by atoms with Gasteiger partial charge in [-0.1, -0.05) is 6.07 Å². The molecular weight excluding hydrogens is 214 g/mol. The highest BCUT2D eigenvalue weighted by atomic mass is 35.5. The van der Waals surface area contributed by atoms with E-state index < -0.39 is 0 Å². The summed E-state index contributed by atoms with van der Waals surface area (Å²) >= 11 is 5.73. The Morgan fingerprint density at radius 3 is 2.73 bits per heavy atom. The summed E-state index contributed by atoms with van der Waals surface area (Å²) < 4.78 is 10.6. The number of aromatic nitrogens is 1. The molecule has 1 aromatic heterocycles. The molecule has 0 saturated carbocycles. The molecule has 0 N–H and O–H groups in total. The van der Waals surface area contributed by atoms with Crippen molar-refractivity contribution in [2.75, 3.05) is 19.8 Å². The molecule has 0 aromatic carbocycles. The van der Waals surface area contributed by atoms with Gasteiger partial charge in [0.05, 0.1) is 6.61 Å². The molecule has 0 radical (unpaired) electrons. The molecule has 0 amide bonds. The van der Waals surface area contributed by atoms with Crippen LogP contribution in [-0.4, -0.2) is 24.8 Å². The fourth-order valence-corrected chi connectivity index (χ4v) is 1.42. The third-order valence-electron chi connectivity index (χ3n) is 2.00. The van der Waals surface area contributed by atoms with E-state index in [4.69, 9.17) is 21.1 Å². The largest absolute Gasteiger partial charge is 0.475 e. The van der Waals surface area contributed by atoms with Crippen LogP contribution in [-0.2, 0) is 10.6 Å². The van der Waals surface area contributed by atoms with E-state index in [-0.39, 0.29) is 0 Å². The molecule has 0 aliphatic heterocycles. The van der Waals surface area contributed by atoms with Gasteiger partial charge >= 0.3 is 0 Å². The molecule has 0 fully saturated rings. The van der Waals surface area contributed by atoms with Crippen molar-refractivity contribution in [3.8, 4) is 5.88 Å². The Hall–Kier alpha value is -0.800. The second kappa shape index (κ2) is 6.64. The first-order chi connectivity index (χ1) is 7.27. The van der Waals surface area contributed by atoms with Crippen LogP contribution in [0.3, 0.4) is 0 Å². The van der Waals surface area contributed by atoms with Crippen LogP contribution >= 0.6 is 11.6 Å². The lowest BCUT2D eigenvalue weighted by Crippen LogP contribution is -2.07. The predicted octanol–water partition coefficient (Wildman–Crippen LogP) is 2.54. The Labute approximate surface area is 95.4 Å². The molecule has 1 rings (SSSR count). The fraction of sp³-hybridized carbons (Fsp3) is 0.545. The van der Waals surface area contributed by atoms with Gasteiger partial charge in [-0.15, -0.1) is 11.6 Å². The molecule has 15 heavy (non-hydrogen) atoms. The van der Waals surface area contributed by atoms with Gasteiger partial charge in [-0.2, -0.15) is 0 Å². The number of nitrogens with zero attached hydrogens (tertiary/aromatic N) is 1. The minimum absolute atomic E-state index is 0.484. The van der Waals surface area contributed by atoms with E-state index in [2.05, 4.69) is 4.98 Å². The van der Waals surface area contributed by atoms with E-state index >= 15 is 0 Å². The maximum Gasteiger partial charge on any atom is 0.213 e. The molecule has 0 aliphatic rings. The summed E-state index contributed by atoms with van der Waals surface area (Å²) in [4.78, 5) is 4.28. The summed E-state index contributed by atoms with van der Waals surface area (Å²) in [6, 6.07) is 3.77. The van der Waals surface area contributed by atoms with Crippen LogP contribution in [0.25, 0.3) is 0 Å². The normalized spacial score (nSPS) is 10.3. The lowest BCUT2D eigenvalue weighted by atomic mass is 10.2. The molecule has 0 unspecified atom stereocenters. The molecule has 1 aromatic rings. The number of alkyl halides is 1. The Kier molecular flexibility index (Phi) is 5.43. The van der Waals surface area contributed by atoms with E-state index in [0.717, 1.165) is 11.3 Å². The Morgan fingerprint density at radius 2 is 2.13 bits per heavy atom. The first kappa shape index (κ1) is 12.3. The maximum absolute atomic E-state index is 5.73. The lowest BCUT2D eigenvalue weighted by molar-refractivity contribution is 0.108. The minimum Gasteiger partial charge on any atom is -0.475 e. The summed E-state index contributed by atoms with van der Waals surface area (Å²) in [5.41, 5.74) is 1.95. The zero-order chi connectivity index (χ0) is 11.1. The van der Waals surface area contributed by atoms with Crippen LogP contribution in [0.15, 0.2) is 12.1 Å². The van der Waals surface area contributed by atoms with E-state index in [9.17, 15) is 0 Å². The third-order valence-corrected chi connectivity index (χ3v) is 2.28. The van der Waals surface area contributed by atoms with Crippen molar-refractivity contribution in [3.63, 3.8) is 0 Å². The lowest BCUT2D eigenvalue weighted by Gasteiger charge is -2.07.